The molecule has 0 bridgehead atoms. The Labute approximate surface area is 116 Å². The maximum absolute atomic E-state index is 13.4. The Bertz CT molecular complexity index is 692. The summed E-state index contributed by atoms with van der Waals surface area (Å²) in [4.78, 5) is 7.59. The second-order valence-electron chi connectivity index (χ2n) is 4.28. The van der Waals surface area contributed by atoms with Crippen molar-refractivity contribution in [2.24, 2.45) is 0 Å². The van der Waals surface area contributed by atoms with E-state index in [1.165, 1.54) is 18.5 Å². The number of aromatic nitrogens is 2. The normalized spacial score (nSPS) is 20.9. The van der Waals surface area contributed by atoms with Crippen LogP contribution >= 0.6 is 11.6 Å². The van der Waals surface area contributed by atoms with Crippen molar-refractivity contribution in [3.05, 3.63) is 46.7 Å². The lowest BCUT2D eigenvalue weighted by Crippen LogP contribution is -2.46. The van der Waals surface area contributed by atoms with Crippen LogP contribution in [0.1, 0.15) is 11.1 Å². The second-order valence-corrected chi connectivity index (χ2v) is 4.72. The highest BCUT2D eigenvalue weighted by atomic mass is 35.5. The lowest BCUT2D eigenvalue weighted by atomic mass is 9.84. The zero-order chi connectivity index (χ0) is 14.5. The van der Waals surface area contributed by atoms with Gasteiger partial charge in [0.1, 0.15) is 11.6 Å². The molecule has 2 aromatic rings. The zero-order valence-electron chi connectivity index (χ0n) is 9.74. The summed E-state index contributed by atoms with van der Waals surface area (Å²) in [5.41, 5.74) is -4.03. The van der Waals surface area contributed by atoms with Crippen molar-refractivity contribution in [3.63, 3.8) is 0 Å². The number of nitrogens with zero attached hydrogens (tertiary/aromatic N) is 2. The third-order valence-electron chi connectivity index (χ3n) is 3.09. The van der Waals surface area contributed by atoms with Gasteiger partial charge >= 0.3 is 6.18 Å². The average molecular weight is 302 g/mol. The van der Waals surface area contributed by atoms with E-state index in [-0.39, 0.29) is 22.2 Å². The predicted octanol–water partition coefficient (Wildman–Crippen LogP) is 2.99. The predicted molar refractivity (Wildman–Crippen MR) is 65.8 cm³/mol. The first-order valence-corrected chi connectivity index (χ1v) is 5.89. The molecule has 1 unspecified atom stereocenters. The minimum absolute atomic E-state index is 0.000523. The first-order valence-electron chi connectivity index (χ1n) is 5.51. The summed E-state index contributed by atoms with van der Waals surface area (Å²) >= 11 is 5.70. The standard InChI is InChI=1S/C12H7ClF3N3O/c13-6-4-8-10(18-5-6)19-9-7(2-1-3-17-9)11(8,20)12(14,15)16/h1-5,20H,(H,17,18,19). The molecule has 0 fully saturated rings. The highest BCUT2D eigenvalue weighted by Crippen LogP contribution is 2.51. The number of hydrogen-bond acceptors (Lipinski definition) is 4. The lowest BCUT2D eigenvalue weighted by molar-refractivity contribution is -0.248. The Morgan fingerprint density at radius 3 is 2.60 bits per heavy atom. The van der Waals surface area contributed by atoms with Crippen molar-refractivity contribution in [1.82, 2.24) is 9.97 Å². The van der Waals surface area contributed by atoms with Crippen LogP contribution in [0.5, 0.6) is 0 Å². The van der Waals surface area contributed by atoms with Gasteiger partial charge < -0.3 is 10.4 Å². The number of pyridine rings is 2. The van der Waals surface area contributed by atoms with Gasteiger partial charge in [0.15, 0.2) is 0 Å². The van der Waals surface area contributed by atoms with Crippen LogP contribution in [0.15, 0.2) is 30.6 Å². The van der Waals surface area contributed by atoms with Crippen LogP contribution in [0.2, 0.25) is 5.02 Å². The van der Waals surface area contributed by atoms with Crippen LogP contribution in [0, 0.1) is 0 Å². The molecule has 3 rings (SSSR count). The maximum Gasteiger partial charge on any atom is 0.426 e. The minimum Gasteiger partial charge on any atom is -0.372 e. The highest BCUT2D eigenvalue weighted by Gasteiger charge is 2.60. The third kappa shape index (κ3) is 1.66. The second kappa shape index (κ2) is 4.07. The van der Waals surface area contributed by atoms with Crippen molar-refractivity contribution < 1.29 is 18.3 Å². The fourth-order valence-electron chi connectivity index (χ4n) is 2.17. The molecule has 2 N–H and O–H groups in total. The van der Waals surface area contributed by atoms with Crippen molar-refractivity contribution >= 4 is 23.2 Å². The first-order chi connectivity index (χ1) is 9.34. The molecule has 0 radical (unpaired) electrons. The largest absolute Gasteiger partial charge is 0.426 e. The van der Waals surface area contributed by atoms with Gasteiger partial charge in [-0.25, -0.2) is 9.97 Å². The summed E-state index contributed by atoms with van der Waals surface area (Å²) in [6.45, 7) is 0. The molecule has 0 saturated heterocycles. The smallest absolute Gasteiger partial charge is 0.372 e. The van der Waals surface area contributed by atoms with Gasteiger partial charge in [-0.1, -0.05) is 17.7 Å². The van der Waals surface area contributed by atoms with Gasteiger partial charge in [-0.3, -0.25) is 0 Å². The van der Waals surface area contributed by atoms with E-state index in [9.17, 15) is 18.3 Å². The van der Waals surface area contributed by atoms with E-state index in [1.807, 2.05) is 0 Å². The Hall–Kier alpha value is -1.86. The fraction of sp³-hybridized carbons (Fsp3) is 0.167. The Morgan fingerprint density at radius 1 is 1.20 bits per heavy atom. The molecule has 1 aliphatic rings. The summed E-state index contributed by atoms with van der Waals surface area (Å²) in [5, 5.41) is 13.0. The van der Waals surface area contributed by atoms with Gasteiger partial charge in [0.2, 0.25) is 5.60 Å². The number of rotatable bonds is 0. The molecule has 8 heteroatoms. The average Bonchev–Trinajstić information content (AvgIpc) is 2.39. The monoisotopic (exact) mass is 301 g/mol. The van der Waals surface area contributed by atoms with Crippen LogP contribution < -0.4 is 5.32 Å². The Morgan fingerprint density at radius 2 is 1.90 bits per heavy atom. The number of halogens is 4. The van der Waals surface area contributed by atoms with Gasteiger partial charge in [-0.2, -0.15) is 13.2 Å². The molecule has 3 heterocycles. The Balaban J connectivity index is 2.36. The molecule has 4 nitrogen and oxygen atoms in total. The molecule has 0 saturated carbocycles. The van der Waals surface area contributed by atoms with E-state index in [0.717, 1.165) is 12.1 Å². The molecule has 104 valence electrons. The van der Waals surface area contributed by atoms with Gasteiger partial charge in [-0.15, -0.1) is 0 Å². The molecular formula is C12H7ClF3N3O. The summed E-state index contributed by atoms with van der Waals surface area (Å²) < 4.78 is 40.3. The number of anilines is 2. The van der Waals surface area contributed by atoms with Crippen LogP contribution in [-0.2, 0) is 5.60 Å². The van der Waals surface area contributed by atoms with E-state index in [4.69, 9.17) is 11.6 Å². The molecule has 0 aliphatic carbocycles. The Kier molecular flexibility index (Phi) is 2.67. The molecule has 20 heavy (non-hydrogen) atoms. The van der Waals surface area contributed by atoms with E-state index in [2.05, 4.69) is 15.3 Å². The van der Waals surface area contributed by atoms with Crippen LogP contribution in [0.25, 0.3) is 0 Å². The van der Waals surface area contributed by atoms with E-state index in [1.54, 1.807) is 0 Å². The SMILES string of the molecule is OC1(C(F)(F)F)c2cccnc2Nc2ncc(Cl)cc21. The number of hydrogen-bond donors (Lipinski definition) is 2. The third-order valence-corrected chi connectivity index (χ3v) is 3.30. The van der Waals surface area contributed by atoms with Crippen LogP contribution in [0.3, 0.4) is 0 Å². The lowest BCUT2D eigenvalue weighted by Gasteiger charge is -2.36. The number of nitrogens with one attached hydrogen (secondary N) is 1. The molecule has 1 aliphatic heterocycles. The molecule has 0 amide bonds. The summed E-state index contributed by atoms with van der Waals surface area (Å²) in [7, 11) is 0. The summed E-state index contributed by atoms with van der Waals surface area (Å²) in [6, 6.07) is 3.52. The molecule has 1 atom stereocenters. The number of fused-ring (bicyclic) bond motifs is 2. The number of aliphatic hydroxyl groups is 1. The zero-order valence-corrected chi connectivity index (χ0v) is 10.5. The molecule has 0 aromatic carbocycles. The van der Waals surface area contributed by atoms with E-state index < -0.39 is 17.3 Å². The van der Waals surface area contributed by atoms with Gasteiger partial charge in [0.05, 0.1) is 5.02 Å². The first kappa shape index (κ1) is 13.1. The molecule has 0 spiro atoms. The maximum atomic E-state index is 13.4. The summed E-state index contributed by atoms with van der Waals surface area (Å²) in [6.07, 6.45) is -2.42. The van der Waals surface area contributed by atoms with Crippen molar-refractivity contribution in [1.29, 1.82) is 0 Å². The van der Waals surface area contributed by atoms with Crippen molar-refractivity contribution in [2.45, 2.75) is 11.8 Å². The van der Waals surface area contributed by atoms with E-state index >= 15 is 0 Å². The van der Waals surface area contributed by atoms with Gasteiger partial charge in [0, 0.05) is 23.5 Å². The number of alkyl halides is 3. The van der Waals surface area contributed by atoms with Gasteiger partial charge in [0.25, 0.3) is 0 Å². The van der Waals surface area contributed by atoms with Crippen molar-refractivity contribution in [2.75, 3.05) is 5.32 Å². The van der Waals surface area contributed by atoms with Gasteiger partial charge in [-0.05, 0) is 12.1 Å². The molecular weight excluding hydrogens is 295 g/mol. The van der Waals surface area contributed by atoms with Crippen LogP contribution in [-0.4, -0.2) is 21.3 Å². The van der Waals surface area contributed by atoms with Crippen molar-refractivity contribution in [3.8, 4) is 0 Å². The quantitative estimate of drug-likeness (QED) is 0.785. The topological polar surface area (TPSA) is 58.0 Å². The fourth-order valence-corrected chi connectivity index (χ4v) is 2.33. The van der Waals surface area contributed by atoms with E-state index in [0.29, 0.717) is 0 Å². The van der Waals surface area contributed by atoms with Crippen LogP contribution in [0.4, 0.5) is 24.8 Å². The highest BCUT2D eigenvalue weighted by molar-refractivity contribution is 6.30. The molecule has 2 aromatic heterocycles. The summed E-state index contributed by atoms with van der Waals surface area (Å²) in [5.74, 6) is -0.213. The minimum atomic E-state index is -4.94.